The second kappa shape index (κ2) is 15.0. The SMILES string of the molecule is CCCNC(=O)c1c2nc(cc3[nH]c(cc4nc(cc5[nH]c1c(C(=O)O)c5C)[C@H](CC)[C@H]4C)c(C(C)=O)c3C)[C@@H](C)[C@@H]2CCC(=O)OCCC. The van der Waals surface area contributed by atoms with E-state index in [-0.39, 0.29) is 52.6 Å². The molecular weight excluding hydrogens is 634 g/mol. The molecule has 50 heavy (non-hydrogen) atoms. The number of aromatic carboxylic acids is 1. The zero-order chi connectivity index (χ0) is 36.4. The van der Waals surface area contributed by atoms with E-state index in [1.165, 1.54) is 0 Å². The first kappa shape index (κ1) is 36.5. The van der Waals surface area contributed by atoms with Gasteiger partial charge in [0.15, 0.2) is 5.78 Å². The summed E-state index contributed by atoms with van der Waals surface area (Å²) in [4.78, 5) is 69.9. The minimum atomic E-state index is -1.17. The molecular formula is C39H49N5O6. The Morgan fingerprint density at radius 1 is 0.820 bits per heavy atom. The lowest BCUT2D eigenvalue weighted by Crippen LogP contribution is -2.26. The van der Waals surface area contributed by atoms with Crippen LogP contribution in [0.3, 0.4) is 0 Å². The first-order valence-electron chi connectivity index (χ1n) is 17.8. The van der Waals surface area contributed by atoms with Crippen LogP contribution in [-0.2, 0) is 9.53 Å². The highest BCUT2D eigenvalue weighted by molar-refractivity contribution is 6.10. The van der Waals surface area contributed by atoms with Crippen molar-refractivity contribution < 1.29 is 29.0 Å². The average molecular weight is 684 g/mol. The van der Waals surface area contributed by atoms with Gasteiger partial charge in [-0.1, -0.05) is 34.6 Å². The summed E-state index contributed by atoms with van der Waals surface area (Å²) in [6.45, 7) is 15.9. The van der Waals surface area contributed by atoms with Crippen LogP contribution in [0.2, 0.25) is 0 Å². The van der Waals surface area contributed by atoms with Gasteiger partial charge in [0.1, 0.15) is 0 Å². The molecule has 0 saturated carbocycles. The van der Waals surface area contributed by atoms with Crippen molar-refractivity contribution >= 4 is 45.7 Å². The Morgan fingerprint density at radius 3 is 2.08 bits per heavy atom. The zero-order valence-electron chi connectivity index (χ0n) is 30.4. The predicted molar refractivity (Wildman–Crippen MR) is 193 cm³/mol. The van der Waals surface area contributed by atoms with E-state index in [0.29, 0.717) is 71.5 Å². The van der Waals surface area contributed by atoms with E-state index in [4.69, 9.17) is 14.7 Å². The van der Waals surface area contributed by atoms with Crippen LogP contribution in [0.4, 0.5) is 0 Å². The first-order chi connectivity index (χ1) is 23.8. The molecule has 4 N–H and O–H groups in total. The Morgan fingerprint density at radius 2 is 1.44 bits per heavy atom. The third-order valence-corrected chi connectivity index (χ3v) is 10.3. The number of aryl methyl sites for hydroxylation is 2. The molecule has 266 valence electrons. The lowest BCUT2D eigenvalue weighted by atomic mass is 9.85. The summed E-state index contributed by atoms with van der Waals surface area (Å²) < 4.78 is 5.39. The molecule has 8 bridgehead atoms. The van der Waals surface area contributed by atoms with Gasteiger partial charge >= 0.3 is 11.9 Å². The summed E-state index contributed by atoms with van der Waals surface area (Å²) >= 11 is 0. The number of hydrogen-bond donors (Lipinski definition) is 4. The molecule has 0 unspecified atom stereocenters. The van der Waals surface area contributed by atoms with Crippen LogP contribution in [0, 0.1) is 13.8 Å². The Hall–Kier alpha value is -4.80. The number of nitrogens with zero attached hydrogens (tertiary/aromatic N) is 2. The number of carboxylic acids is 1. The monoisotopic (exact) mass is 683 g/mol. The van der Waals surface area contributed by atoms with Crippen molar-refractivity contribution in [2.24, 2.45) is 0 Å². The number of rotatable bonds is 11. The lowest BCUT2D eigenvalue weighted by molar-refractivity contribution is -0.143. The van der Waals surface area contributed by atoms with Gasteiger partial charge in [-0.15, -0.1) is 0 Å². The van der Waals surface area contributed by atoms with Crippen LogP contribution in [0.15, 0.2) is 18.2 Å². The number of carboxylic acid groups (broad SMARTS) is 1. The van der Waals surface area contributed by atoms with Gasteiger partial charge in [-0.25, -0.2) is 4.79 Å². The van der Waals surface area contributed by atoms with Crippen molar-refractivity contribution in [2.75, 3.05) is 13.2 Å². The summed E-state index contributed by atoms with van der Waals surface area (Å²) in [5.74, 6) is -2.64. The molecule has 11 heteroatoms. The molecule has 5 rings (SSSR count). The maximum atomic E-state index is 14.2. The van der Waals surface area contributed by atoms with Crippen molar-refractivity contribution in [1.29, 1.82) is 0 Å². The smallest absolute Gasteiger partial charge is 0.338 e. The molecule has 0 spiro atoms. The predicted octanol–water partition coefficient (Wildman–Crippen LogP) is 7.89. The van der Waals surface area contributed by atoms with Crippen molar-refractivity contribution in [3.63, 3.8) is 0 Å². The lowest BCUT2D eigenvalue weighted by Gasteiger charge is -2.18. The number of ketones is 1. The summed E-state index contributed by atoms with van der Waals surface area (Å²) in [6, 6.07) is 5.73. The number of nitrogens with one attached hydrogen (secondary N) is 3. The fourth-order valence-corrected chi connectivity index (χ4v) is 7.47. The minimum absolute atomic E-state index is 0.0119. The summed E-state index contributed by atoms with van der Waals surface area (Å²) in [6.07, 6.45) is 2.60. The number of hydrogen-bond acceptors (Lipinski definition) is 7. The molecule has 0 saturated heterocycles. The molecule has 2 aliphatic rings. The number of ether oxygens (including phenoxy) is 1. The van der Waals surface area contributed by atoms with Crippen LogP contribution in [0.25, 0.3) is 22.1 Å². The summed E-state index contributed by atoms with van der Waals surface area (Å²) in [7, 11) is 0. The molecule has 4 atom stereocenters. The van der Waals surface area contributed by atoms with Crippen molar-refractivity contribution in [3.05, 3.63) is 68.8 Å². The van der Waals surface area contributed by atoms with Crippen molar-refractivity contribution in [1.82, 2.24) is 25.3 Å². The van der Waals surface area contributed by atoms with E-state index in [1.807, 2.05) is 45.9 Å². The molecule has 3 aromatic rings. The molecule has 0 aromatic carbocycles. The molecule has 0 aliphatic carbocycles. The number of fused-ring (bicyclic) bond motifs is 8. The number of carbonyl (C=O) groups is 4. The van der Waals surface area contributed by atoms with E-state index < -0.39 is 17.8 Å². The van der Waals surface area contributed by atoms with E-state index in [0.717, 1.165) is 23.4 Å². The number of Topliss-reactive ketones (excluding diaryl/α,β-unsaturated/α-hetero) is 1. The Kier molecular flexibility index (Phi) is 10.9. The fourth-order valence-electron chi connectivity index (χ4n) is 7.47. The Balaban J connectivity index is 1.97. The fraction of sp³-hybridized carbons (Fsp3) is 0.487. The van der Waals surface area contributed by atoms with Gasteiger partial charge in [-0.2, -0.15) is 0 Å². The van der Waals surface area contributed by atoms with Crippen molar-refractivity contribution in [3.8, 4) is 0 Å². The number of carbonyl (C=O) groups excluding carboxylic acids is 3. The molecule has 0 radical (unpaired) electrons. The number of H-pyrrole nitrogens is 2. The van der Waals surface area contributed by atoms with E-state index in [1.54, 1.807) is 13.8 Å². The molecule has 3 aromatic heterocycles. The van der Waals surface area contributed by atoms with E-state index in [9.17, 15) is 24.3 Å². The average Bonchev–Trinajstić information content (AvgIpc) is 3.75. The van der Waals surface area contributed by atoms with E-state index in [2.05, 4.69) is 29.1 Å². The Labute approximate surface area is 292 Å². The minimum Gasteiger partial charge on any atom is -0.478 e. The van der Waals surface area contributed by atoms with Gasteiger partial charge < -0.3 is 25.1 Å². The molecule has 0 fully saturated rings. The van der Waals surface area contributed by atoms with Crippen LogP contribution in [-0.4, -0.2) is 61.8 Å². The van der Waals surface area contributed by atoms with Crippen LogP contribution < -0.4 is 5.32 Å². The number of aromatic amines is 2. The highest BCUT2D eigenvalue weighted by Crippen LogP contribution is 2.43. The Bertz CT molecular complexity index is 2010. The summed E-state index contributed by atoms with van der Waals surface area (Å²) in [5.41, 5.74) is 6.68. The highest BCUT2D eigenvalue weighted by Gasteiger charge is 2.35. The number of amides is 1. The van der Waals surface area contributed by atoms with Gasteiger partial charge in [0, 0.05) is 70.3 Å². The maximum Gasteiger partial charge on any atom is 0.338 e. The van der Waals surface area contributed by atoms with Crippen molar-refractivity contribution in [2.45, 2.75) is 111 Å². The topological polar surface area (TPSA) is 167 Å². The van der Waals surface area contributed by atoms with Gasteiger partial charge in [0.05, 0.1) is 34.5 Å². The molecule has 5 heterocycles. The standard InChI is InChI=1S/C39H49N5O6/c1-9-14-40-38(47)35-36-25(12-13-32(46)50-15-10-2)20(5)27(43-36)16-28-21(6)33(23(8)45)31(42-28)18-26-19(4)24(11-3)30(41-26)17-29-22(7)34(39(48)49)37(35)44-29/h16-20,24-25,42,44H,9-15H2,1-8H3,(H,40,47)(H,48,49)/t19-,20+,24-,25+/m1/s1. The van der Waals surface area contributed by atoms with Gasteiger partial charge in [0.2, 0.25) is 0 Å². The second-order valence-corrected chi connectivity index (χ2v) is 13.6. The largest absolute Gasteiger partial charge is 0.478 e. The number of aromatic nitrogens is 4. The van der Waals surface area contributed by atoms with Gasteiger partial charge in [-0.05, 0) is 75.8 Å². The van der Waals surface area contributed by atoms with Gasteiger partial charge in [0.25, 0.3) is 5.91 Å². The van der Waals surface area contributed by atoms with E-state index >= 15 is 0 Å². The number of esters is 1. The molecule has 11 nitrogen and oxygen atoms in total. The summed E-state index contributed by atoms with van der Waals surface area (Å²) in [5, 5.41) is 13.6. The quantitative estimate of drug-likeness (QED) is 0.117. The third-order valence-electron chi connectivity index (χ3n) is 10.3. The maximum absolute atomic E-state index is 14.2. The zero-order valence-corrected chi connectivity index (χ0v) is 30.4. The molecule has 1 amide bonds. The third kappa shape index (κ3) is 6.82. The normalized spacial score (nSPS) is 18.6. The molecule has 2 aliphatic heterocycles. The van der Waals surface area contributed by atoms with Crippen LogP contribution >= 0.6 is 0 Å². The first-order valence-corrected chi connectivity index (χ1v) is 17.8. The van der Waals surface area contributed by atoms with Gasteiger partial charge in [-0.3, -0.25) is 24.4 Å². The highest BCUT2D eigenvalue weighted by atomic mass is 16.5. The van der Waals surface area contributed by atoms with Crippen LogP contribution in [0.1, 0.15) is 162 Å². The van der Waals surface area contributed by atoms with Crippen LogP contribution in [0.5, 0.6) is 0 Å². The second-order valence-electron chi connectivity index (χ2n) is 13.6.